The lowest BCUT2D eigenvalue weighted by Crippen LogP contribution is -2.43. The normalized spacial score (nSPS) is 18.9. The van der Waals surface area contributed by atoms with Crippen LogP contribution in [-0.2, 0) is 15.0 Å². The summed E-state index contributed by atoms with van der Waals surface area (Å²) in [4.78, 5) is 38.6. The molecule has 0 unspecified atom stereocenters. The van der Waals surface area contributed by atoms with Gasteiger partial charge >= 0.3 is 0 Å². The Morgan fingerprint density at radius 1 is 0.857 bits per heavy atom. The monoisotopic (exact) mass is 468 g/mol. The molecule has 0 aliphatic heterocycles. The number of rotatable bonds is 8. The summed E-state index contributed by atoms with van der Waals surface area (Å²) in [6.45, 7) is 4.52. The van der Waals surface area contributed by atoms with E-state index >= 15 is 0 Å². The number of benzene rings is 3. The van der Waals surface area contributed by atoms with E-state index in [1.165, 1.54) is 0 Å². The molecule has 5 heteroatoms. The van der Waals surface area contributed by atoms with E-state index in [0.29, 0.717) is 37.9 Å². The molecular formula is C30H32N2O3. The predicted octanol–water partition coefficient (Wildman–Crippen LogP) is 4.68. The minimum atomic E-state index is -0.728. The molecule has 0 radical (unpaired) electrons. The summed E-state index contributed by atoms with van der Waals surface area (Å²) in [6, 6.07) is 25.2. The first-order valence-electron chi connectivity index (χ1n) is 12.2. The average Bonchev–Trinajstić information content (AvgIpc) is 2.88. The average molecular weight is 469 g/mol. The van der Waals surface area contributed by atoms with Crippen LogP contribution in [0.4, 0.5) is 0 Å². The van der Waals surface area contributed by atoms with Gasteiger partial charge in [0.1, 0.15) is 5.78 Å². The summed E-state index contributed by atoms with van der Waals surface area (Å²) in [5.41, 5.74) is 3.70. The van der Waals surface area contributed by atoms with Crippen molar-refractivity contribution in [3.8, 4) is 0 Å². The van der Waals surface area contributed by atoms with Gasteiger partial charge in [0, 0.05) is 18.7 Å². The van der Waals surface area contributed by atoms with Crippen molar-refractivity contribution in [1.82, 2.24) is 10.6 Å². The van der Waals surface area contributed by atoms with E-state index in [2.05, 4.69) is 10.6 Å². The van der Waals surface area contributed by atoms with Crippen LogP contribution in [-0.4, -0.2) is 30.7 Å². The molecule has 0 saturated heterocycles. The van der Waals surface area contributed by atoms with Gasteiger partial charge in [0.05, 0.1) is 11.3 Å². The predicted molar refractivity (Wildman–Crippen MR) is 137 cm³/mol. The molecule has 1 aliphatic carbocycles. The number of amides is 2. The zero-order valence-electron chi connectivity index (χ0n) is 20.3. The fraction of sp³-hybridized carbons (Fsp3) is 0.300. The van der Waals surface area contributed by atoms with Gasteiger partial charge in [-0.05, 0) is 61.4 Å². The van der Waals surface area contributed by atoms with Gasteiger partial charge in [-0.3, -0.25) is 14.4 Å². The van der Waals surface area contributed by atoms with Gasteiger partial charge in [-0.1, -0.05) is 72.8 Å². The zero-order valence-corrected chi connectivity index (χ0v) is 20.3. The number of Topliss-reactive ketones (excluding diaryl/α,β-unsaturated/α-hetero) is 1. The summed E-state index contributed by atoms with van der Waals surface area (Å²) in [5, 5.41) is 5.96. The van der Waals surface area contributed by atoms with E-state index in [4.69, 9.17) is 0 Å². The second-order valence-corrected chi connectivity index (χ2v) is 9.22. The number of aryl methyl sites for hydroxylation is 1. The third kappa shape index (κ3) is 4.90. The van der Waals surface area contributed by atoms with Crippen LogP contribution in [0.1, 0.15) is 64.7 Å². The lowest BCUT2D eigenvalue weighted by atomic mass is 9.61. The van der Waals surface area contributed by atoms with E-state index in [1.807, 2.05) is 85.8 Å². The van der Waals surface area contributed by atoms with Gasteiger partial charge in [-0.2, -0.15) is 0 Å². The molecule has 35 heavy (non-hydrogen) atoms. The zero-order chi connectivity index (χ0) is 24.8. The van der Waals surface area contributed by atoms with Gasteiger partial charge in [-0.15, -0.1) is 0 Å². The molecule has 4 rings (SSSR count). The van der Waals surface area contributed by atoms with Gasteiger partial charge in [0.25, 0.3) is 5.91 Å². The van der Waals surface area contributed by atoms with E-state index in [1.54, 1.807) is 6.92 Å². The molecule has 0 bridgehead atoms. The van der Waals surface area contributed by atoms with Crippen LogP contribution in [0.3, 0.4) is 0 Å². The highest BCUT2D eigenvalue weighted by Crippen LogP contribution is 2.47. The fourth-order valence-electron chi connectivity index (χ4n) is 5.25. The van der Waals surface area contributed by atoms with Crippen LogP contribution in [0.2, 0.25) is 0 Å². The Kier molecular flexibility index (Phi) is 7.45. The van der Waals surface area contributed by atoms with Crippen LogP contribution in [0.15, 0.2) is 78.9 Å². The first kappa shape index (κ1) is 24.4. The summed E-state index contributed by atoms with van der Waals surface area (Å²) < 4.78 is 0. The third-order valence-corrected chi connectivity index (χ3v) is 7.12. The fourth-order valence-corrected chi connectivity index (χ4v) is 5.25. The second kappa shape index (κ2) is 10.7. The molecule has 2 atom stereocenters. The Bertz CT molecular complexity index is 1220. The Hall–Kier alpha value is -3.73. The highest BCUT2D eigenvalue weighted by atomic mass is 16.2. The summed E-state index contributed by atoms with van der Waals surface area (Å²) in [5.74, 6) is -0.339. The molecule has 180 valence electrons. The highest BCUT2D eigenvalue weighted by molar-refractivity contribution is 5.96. The maximum absolute atomic E-state index is 13.2. The topological polar surface area (TPSA) is 75.3 Å². The van der Waals surface area contributed by atoms with Crippen molar-refractivity contribution < 1.29 is 14.4 Å². The van der Waals surface area contributed by atoms with E-state index < -0.39 is 5.41 Å². The molecular weight excluding hydrogens is 436 g/mol. The number of nitrogens with one attached hydrogen (secondary N) is 2. The van der Waals surface area contributed by atoms with Gasteiger partial charge in [-0.25, -0.2) is 0 Å². The first-order valence-corrected chi connectivity index (χ1v) is 12.2. The first-order chi connectivity index (χ1) is 16.9. The largest absolute Gasteiger partial charge is 0.356 e. The van der Waals surface area contributed by atoms with Crippen LogP contribution in [0, 0.1) is 6.92 Å². The van der Waals surface area contributed by atoms with E-state index in [9.17, 15) is 14.4 Å². The van der Waals surface area contributed by atoms with Crippen molar-refractivity contribution in [2.45, 2.75) is 44.4 Å². The molecule has 0 aromatic heterocycles. The van der Waals surface area contributed by atoms with E-state index in [0.717, 1.165) is 22.3 Å². The van der Waals surface area contributed by atoms with Crippen LogP contribution >= 0.6 is 0 Å². The maximum Gasteiger partial charge on any atom is 0.251 e. The van der Waals surface area contributed by atoms with Gasteiger partial charge in [0.2, 0.25) is 5.91 Å². The van der Waals surface area contributed by atoms with Crippen molar-refractivity contribution >= 4 is 17.6 Å². The van der Waals surface area contributed by atoms with Crippen LogP contribution in [0.25, 0.3) is 0 Å². The number of fused-ring (bicyclic) bond motifs is 1. The lowest BCUT2D eigenvalue weighted by molar-refractivity contribution is -0.125. The molecule has 0 spiro atoms. The number of ketones is 1. The number of carbonyl (C=O) groups excluding carboxylic acids is 3. The minimum Gasteiger partial charge on any atom is -0.356 e. The molecule has 3 aromatic carbocycles. The molecule has 5 nitrogen and oxygen atoms in total. The minimum absolute atomic E-state index is 0.0344. The summed E-state index contributed by atoms with van der Waals surface area (Å²) in [7, 11) is 0. The van der Waals surface area contributed by atoms with Crippen LogP contribution < -0.4 is 10.6 Å². The third-order valence-electron chi connectivity index (χ3n) is 7.12. The summed E-state index contributed by atoms with van der Waals surface area (Å²) >= 11 is 0. The number of hydrogen-bond donors (Lipinski definition) is 2. The van der Waals surface area contributed by atoms with Gasteiger partial charge in [0.15, 0.2) is 0 Å². The van der Waals surface area contributed by atoms with Crippen molar-refractivity contribution in [2.75, 3.05) is 13.1 Å². The quantitative estimate of drug-likeness (QED) is 0.471. The molecule has 2 N–H and O–H groups in total. The molecule has 1 aliphatic rings. The lowest BCUT2D eigenvalue weighted by Gasteiger charge is -2.40. The second-order valence-electron chi connectivity index (χ2n) is 9.22. The van der Waals surface area contributed by atoms with Gasteiger partial charge < -0.3 is 10.6 Å². The van der Waals surface area contributed by atoms with E-state index in [-0.39, 0.29) is 23.5 Å². The highest BCUT2D eigenvalue weighted by Gasteiger charge is 2.46. The summed E-state index contributed by atoms with van der Waals surface area (Å²) in [6.07, 6.45) is 1.83. The van der Waals surface area contributed by atoms with Crippen LogP contribution in [0.5, 0.6) is 0 Å². The molecule has 2 amide bonds. The standard InChI is InChI=1S/C30H32N2O3/c1-21-11-6-7-14-24(21)28(34)31-19-10-20-32-29(35)26-17-18-30(22(2)33,23-12-4-3-5-13-23)27-16-9-8-15-25(26)27/h3-9,11-16,26H,10,17-20H2,1-2H3,(H,31,34)(H,32,35)/t26-,30+/m1/s1. The Morgan fingerprint density at radius 2 is 1.51 bits per heavy atom. The molecule has 0 fully saturated rings. The van der Waals surface area contributed by atoms with Crippen molar-refractivity contribution in [3.63, 3.8) is 0 Å². The Labute approximate surface area is 207 Å². The number of hydrogen-bond acceptors (Lipinski definition) is 3. The van der Waals surface area contributed by atoms with Crippen molar-refractivity contribution in [3.05, 3.63) is 107 Å². The Morgan fingerprint density at radius 3 is 2.26 bits per heavy atom. The number of carbonyl (C=O) groups is 3. The van der Waals surface area contributed by atoms with Crippen molar-refractivity contribution in [2.24, 2.45) is 0 Å². The smallest absolute Gasteiger partial charge is 0.251 e. The molecule has 0 heterocycles. The molecule has 3 aromatic rings. The SMILES string of the molecule is CC(=O)[C@]1(c2ccccc2)CC[C@@H](C(=O)NCCCNC(=O)c2ccccc2C)c2ccccc21. The van der Waals surface area contributed by atoms with Crippen molar-refractivity contribution in [1.29, 1.82) is 0 Å². The maximum atomic E-state index is 13.2. The Balaban J connectivity index is 1.41. The molecule has 0 saturated carbocycles.